The maximum absolute atomic E-state index is 5.09. The van der Waals surface area contributed by atoms with Crippen LogP contribution in [0.25, 0.3) is 67.3 Å². The summed E-state index contributed by atoms with van der Waals surface area (Å²) >= 11 is 0. The Bertz CT molecular complexity index is 1730. The van der Waals surface area contributed by atoms with Crippen LogP contribution in [0.5, 0.6) is 0 Å². The molecule has 0 unspecified atom stereocenters. The Hall–Kier alpha value is -5.88. The first-order valence-corrected chi connectivity index (χ1v) is 13.6. The predicted molar refractivity (Wildman–Crippen MR) is 166 cm³/mol. The van der Waals surface area contributed by atoms with Crippen LogP contribution in [0, 0.1) is 0 Å². The van der Waals surface area contributed by atoms with Gasteiger partial charge in [0.1, 0.15) is 12.7 Å². The van der Waals surface area contributed by atoms with Gasteiger partial charge in [-0.05, 0) is 46.5 Å². The fraction of sp³-hybridized carbons (Fsp3) is 0. The van der Waals surface area contributed by atoms with E-state index in [9.17, 15) is 0 Å². The second-order valence-corrected chi connectivity index (χ2v) is 9.82. The highest BCUT2D eigenvalue weighted by molar-refractivity contribution is 5.78. The van der Waals surface area contributed by atoms with Gasteiger partial charge < -0.3 is 0 Å². The quantitative estimate of drug-likeness (QED) is 0.212. The van der Waals surface area contributed by atoms with Crippen LogP contribution in [-0.4, -0.2) is 29.9 Å². The van der Waals surface area contributed by atoms with Crippen LogP contribution >= 0.6 is 0 Å². The first-order chi connectivity index (χ1) is 20.8. The van der Waals surface area contributed by atoms with E-state index in [1.54, 1.807) is 0 Å². The molecule has 0 aliphatic carbocycles. The molecule has 0 radical (unpaired) electrons. The van der Waals surface area contributed by atoms with Crippen molar-refractivity contribution in [2.45, 2.75) is 0 Å². The zero-order valence-electron chi connectivity index (χ0n) is 22.5. The van der Waals surface area contributed by atoms with Gasteiger partial charge in [0.05, 0.1) is 11.4 Å². The van der Waals surface area contributed by atoms with Crippen molar-refractivity contribution in [1.82, 2.24) is 29.9 Å². The van der Waals surface area contributed by atoms with E-state index < -0.39 is 0 Å². The third-order valence-corrected chi connectivity index (χ3v) is 7.06. The second-order valence-electron chi connectivity index (χ2n) is 9.82. The second kappa shape index (κ2) is 11.3. The highest BCUT2D eigenvalue weighted by Gasteiger charge is 2.13. The molecule has 198 valence electrons. The van der Waals surface area contributed by atoms with Crippen molar-refractivity contribution in [3.8, 4) is 67.3 Å². The molecule has 0 aliphatic rings. The van der Waals surface area contributed by atoms with E-state index in [1.165, 1.54) is 12.7 Å². The van der Waals surface area contributed by atoms with Crippen molar-refractivity contribution in [3.05, 3.63) is 147 Å². The number of hydrogen-bond donors (Lipinski definition) is 0. The fourth-order valence-corrected chi connectivity index (χ4v) is 4.95. The van der Waals surface area contributed by atoms with Crippen molar-refractivity contribution in [1.29, 1.82) is 0 Å². The van der Waals surface area contributed by atoms with Crippen molar-refractivity contribution >= 4 is 0 Å². The molecule has 6 nitrogen and oxygen atoms in total. The summed E-state index contributed by atoms with van der Waals surface area (Å²) < 4.78 is 0. The fourth-order valence-electron chi connectivity index (χ4n) is 4.95. The zero-order chi connectivity index (χ0) is 28.1. The summed E-state index contributed by atoms with van der Waals surface area (Å²) in [5.41, 5.74) is 10.8. The van der Waals surface area contributed by atoms with Crippen LogP contribution in [0.15, 0.2) is 147 Å². The largest absolute Gasteiger partial charge is 0.244 e. The number of benzene rings is 4. The summed E-state index contributed by atoms with van der Waals surface area (Å²) in [7, 11) is 0. The molecule has 42 heavy (non-hydrogen) atoms. The molecule has 3 aromatic heterocycles. The molecule has 0 fully saturated rings. The van der Waals surface area contributed by atoms with Gasteiger partial charge in [-0.25, -0.2) is 29.9 Å². The Morgan fingerprint density at radius 3 is 1.24 bits per heavy atom. The van der Waals surface area contributed by atoms with Gasteiger partial charge in [-0.15, -0.1) is 0 Å². The summed E-state index contributed by atoms with van der Waals surface area (Å²) in [4.78, 5) is 26.9. The van der Waals surface area contributed by atoms with E-state index in [0.29, 0.717) is 5.82 Å². The lowest BCUT2D eigenvalue weighted by Gasteiger charge is -2.12. The van der Waals surface area contributed by atoms with Gasteiger partial charge in [0.15, 0.2) is 5.82 Å². The molecular formula is C36H24N6. The number of aromatic nitrogens is 6. The van der Waals surface area contributed by atoms with Gasteiger partial charge in [-0.3, -0.25) is 0 Å². The van der Waals surface area contributed by atoms with E-state index >= 15 is 0 Å². The Balaban J connectivity index is 1.38. The minimum absolute atomic E-state index is 0.639. The van der Waals surface area contributed by atoms with Gasteiger partial charge in [0.2, 0.25) is 0 Å². The first-order valence-electron chi connectivity index (χ1n) is 13.6. The molecule has 0 saturated heterocycles. The topological polar surface area (TPSA) is 77.3 Å². The molecular weight excluding hydrogens is 516 g/mol. The molecule has 0 spiro atoms. The standard InChI is InChI=1S/C36H24N6/c1-2-7-25(8-3-1)26-9-4-12-29(15-26)34-18-35(30-13-5-10-27(16-30)32-19-37-23-38-20-32)42-36(41-34)31-14-6-11-28(17-31)33-21-39-24-40-22-33/h1-24H. The summed E-state index contributed by atoms with van der Waals surface area (Å²) in [5.74, 6) is 0.639. The summed E-state index contributed by atoms with van der Waals surface area (Å²) in [5, 5.41) is 0. The molecule has 0 aliphatic heterocycles. The molecule has 0 atom stereocenters. The molecule has 0 N–H and O–H groups in total. The van der Waals surface area contributed by atoms with E-state index in [1.807, 2.05) is 55.1 Å². The predicted octanol–water partition coefficient (Wildman–Crippen LogP) is 8.06. The van der Waals surface area contributed by atoms with Gasteiger partial charge in [-0.2, -0.15) is 0 Å². The lowest BCUT2D eigenvalue weighted by atomic mass is 9.99. The van der Waals surface area contributed by atoms with Gasteiger partial charge >= 0.3 is 0 Å². The molecule has 6 heteroatoms. The maximum Gasteiger partial charge on any atom is 0.160 e. The lowest BCUT2D eigenvalue weighted by molar-refractivity contribution is 1.17. The van der Waals surface area contributed by atoms with Crippen molar-refractivity contribution in [2.24, 2.45) is 0 Å². The molecule has 0 saturated carbocycles. The van der Waals surface area contributed by atoms with Crippen LogP contribution in [0.1, 0.15) is 0 Å². The molecule has 7 rings (SSSR count). The van der Waals surface area contributed by atoms with E-state index in [-0.39, 0.29) is 0 Å². The Kier molecular flexibility index (Phi) is 6.76. The average Bonchev–Trinajstić information content (AvgIpc) is 3.09. The van der Waals surface area contributed by atoms with E-state index in [4.69, 9.17) is 9.97 Å². The highest BCUT2D eigenvalue weighted by atomic mass is 14.9. The SMILES string of the molecule is c1ccc(-c2cccc(-c3cc(-c4cccc(-c5cncnc5)c4)nc(-c4cccc(-c5cncnc5)c4)n3)c2)cc1. The highest BCUT2D eigenvalue weighted by Crippen LogP contribution is 2.32. The summed E-state index contributed by atoms with van der Waals surface area (Å²) in [6.45, 7) is 0. The van der Waals surface area contributed by atoms with E-state index in [0.717, 1.165) is 61.5 Å². The number of nitrogens with zero attached hydrogens (tertiary/aromatic N) is 6. The third-order valence-electron chi connectivity index (χ3n) is 7.06. The molecule has 7 aromatic rings. The van der Waals surface area contributed by atoms with Crippen LogP contribution in [0.3, 0.4) is 0 Å². The third kappa shape index (κ3) is 5.29. The first kappa shape index (κ1) is 25.1. The number of rotatable bonds is 6. The molecule has 0 bridgehead atoms. The Morgan fingerprint density at radius 1 is 0.310 bits per heavy atom. The van der Waals surface area contributed by atoms with Gasteiger partial charge in [-0.1, -0.05) is 84.9 Å². The van der Waals surface area contributed by atoms with Crippen molar-refractivity contribution in [3.63, 3.8) is 0 Å². The molecule has 3 heterocycles. The minimum Gasteiger partial charge on any atom is -0.244 e. The van der Waals surface area contributed by atoms with Crippen molar-refractivity contribution in [2.75, 3.05) is 0 Å². The zero-order valence-corrected chi connectivity index (χ0v) is 22.5. The Morgan fingerprint density at radius 2 is 0.714 bits per heavy atom. The van der Waals surface area contributed by atoms with Crippen LogP contribution in [0.4, 0.5) is 0 Å². The van der Waals surface area contributed by atoms with Crippen LogP contribution < -0.4 is 0 Å². The maximum atomic E-state index is 5.09. The molecule has 0 amide bonds. The smallest absolute Gasteiger partial charge is 0.160 e. The lowest BCUT2D eigenvalue weighted by Crippen LogP contribution is -1.97. The van der Waals surface area contributed by atoms with Gasteiger partial charge in [0, 0.05) is 52.6 Å². The Labute approximate surface area is 243 Å². The van der Waals surface area contributed by atoms with E-state index in [2.05, 4.69) is 98.8 Å². The monoisotopic (exact) mass is 540 g/mol. The van der Waals surface area contributed by atoms with Crippen LogP contribution in [-0.2, 0) is 0 Å². The van der Waals surface area contributed by atoms with Crippen LogP contribution in [0.2, 0.25) is 0 Å². The average molecular weight is 541 g/mol. The molecule has 4 aromatic carbocycles. The summed E-state index contributed by atoms with van der Waals surface area (Å²) in [6.07, 6.45) is 10.3. The minimum atomic E-state index is 0.639. The normalized spacial score (nSPS) is 10.9. The van der Waals surface area contributed by atoms with Gasteiger partial charge in [0.25, 0.3) is 0 Å². The summed E-state index contributed by atoms with van der Waals surface area (Å²) in [6, 6.07) is 37.4. The van der Waals surface area contributed by atoms with Crippen molar-refractivity contribution < 1.29 is 0 Å². The number of hydrogen-bond acceptors (Lipinski definition) is 6.